The summed E-state index contributed by atoms with van der Waals surface area (Å²) in [6, 6.07) is 89.4. The third kappa shape index (κ3) is 6.84. The van der Waals surface area contributed by atoms with Gasteiger partial charge in [-0.15, -0.1) is 45.3 Å². The van der Waals surface area contributed by atoms with Crippen LogP contribution in [0.4, 0.5) is 0 Å². The molecule has 21 aromatic rings. The third-order valence-corrected chi connectivity index (χ3v) is 24.9. The first-order chi connectivity index (χ1) is 45.8. The quantitative estimate of drug-likeness (QED) is 0.173. The van der Waals surface area contributed by atoms with Gasteiger partial charge in [-0.05, 0) is 130 Å². The molecule has 0 unspecified atom stereocenters. The van der Waals surface area contributed by atoms with Gasteiger partial charge in [-0.1, -0.05) is 153 Å². The second kappa shape index (κ2) is 18.3. The second-order valence-corrected chi connectivity index (χ2v) is 29.6. The number of benzene rings is 13. The molecule has 93 heavy (non-hydrogen) atoms. The number of aromatic nitrogens is 5. The van der Waals surface area contributed by atoms with Gasteiger partial charge in [0.2, 0.25) is 0 Å². The smallest absolute Gasteiger partial charge is 0.181 e. The van der Waals surface area contributed by atoms with E-state index in [9.17, 15) is 0 Å². The highest BCUT2D eigenvalue weighted by Crippen LogP contribution is 2.55. The summed E-state index contributed by atoms with van der Waals surface area (Å²) in [4.78, 5) is 9.15. The molecular weight excluding hydrogens is 1210 g/mol. The topological polar surface area (TPSA) is 53.7 Å². The van der Waals surface area contributed by atoms with Crippen molar-refractivity contribution in [1.82, 2.24) is 23.7 Å². The van der Waals surface area contributed by atoms with Crippen LogP contribution >= 0.6 is 45.3 Å². The van der Waals surface area contributed by atoms with E-state index in [0.717, 1.165) is 28.0 Å². The Morgan fingerprint density at radius 2 is 0.882 bits per heavy atom. The average Bonchev–Trinajstić information content (AvgIpc) is 1.56. The Morgan fingerprint density at radius 3 is 1.59 bits per heavy atom. The van der Waals surface area contributed by atoms with E-state index < -0.39 is 0 Å². The molecule has 8 aromatic heterocycles. The fourth-order valence-electron chi connectivity index (χ4n) is 16.3. The van der Waals surface area contributed by atoms with Crippen LogP contribution in [0.3, 0.4) is 0 Å². The van der Waals surface area contributed by atoms with Gasteiger partial charge < -0.3 is 18.1 Å². The molecule has 0 bridgehead atoms. The zero-order chi connectivity index (χ0) is 60.7. The maximum absolute atomic E-state index is 5.84. The Morgan fingerprint density at radius 1 is 0.355 bits per heavy atom. The van der Waals surface area contributed by atoms with Crippen molar-refractivity contribution in [3.63, 3.8) is 0 Å². The van der Waals surface area contributed by atoms with Crippen LogP contribution in [0.2, 0.25) is 0 Å². The van der Waals surface area contributed by atoms with E-state index in [0.29, 0.717) is 0 Å². The first-order valence-corrected chi connectivity index (χ1v) is 34.8. The van der Waals surface area contributed by atoms with E-state index in [4.69, 9.17) is 9.40 Å². The van der Waals surface area contributed by atoms with Gasteiger partial charge in [-0.25, -0.2) is 9.97 Å². The summed E-state index contributed by atoms with van der Waals surface area (Å²) < 4.78 is 22.3. The Hall–Kier alpha value is -10.7. The van der Waals surface area contributed by atoms with E-state index in [1.54, 1.807) is 11.3 Å². The molecule has 0 fully saturated rings. The largest absolute Gasteiger partial charge is 0.443 e. The molecule has 0 spiro atoms. The molecular formula is C83H47N5OS4. The molecule has 0 aliphatic heterocycles. The zero-order valence-electron chi connectivity index (χ0n) is 49.9. The first-order valence-electron chi connectivity index (χ1n) is 31.5. The molecule has 8 heterocycles. The molecule has 1 aliphatic rings. The minimum Gasteiger partial charge on any atom is -0.443 e. The van der Waals surface area contributed by atoms with E-state index in [1.165, 1.54) is 187 Å². The minimum atomic E-state index is -0.236. The number of nitrogens with zero attached hydrogens (tertiary/aromatic N) is 5. The maximum Gasteiger partial charge on any atom is 0.181 e. The number of rotatable bonds is 5. The van der Waals surface area contributed by atoms with Crippen LogP contribution in [0.1, 0.15) is 25.0 Å². The van der Waals surface area contributed by atoms with Gasteiger partial charge in [-0.3, -0.25) is 0 Å². The van der Waals surface area contributed by atoms with Gasteiger partial charge in [0.15, 0.2) is 12.0 Å². The summed E-state index contributed by atoms with van der Waals surface area (Å²) >= 11 is 7.38. The second-order valence-electron chi connectivity index (χ2n) is 25.6. The average molecular weight is 1260 g/mol. The van der Waals surface area contributed by atoms with Crippen LogP contribution in [0.15, 0.2) is 253 Å². The molecule has 22 rings (SSSR count). The van der Waals surface area contributed by atoms with Crippen molar-refractivity contribution in [1.29, 1.82) is 0 Å². The predicted octanol–water partition coefficient (Wildman–Crippen LogP) is 24.5. The Kier molecular flexibility index (Phi) is 10.0. The standard InChI is InChI=1S/C83H47N5OS4/c1-83(2)63-13-9-16-69(88-68-15-7-4-11-51(68)55-26-29-57-53-12-5-8-17-72(53)91-80(57)79(55)88)76(63)60-25-19-46(38-64(60)83)44-20-34-73-61(36-44)59-31-28-56-52-24-18-47(39-70(52)87(78(56)82(59)93-73)49-23-33-66-75(41-49)90-43-85-66)45-21-35-74-62(37-45)58-30-27-54-50-10-3-6-14-67(50)86(77(54)81(58)92-74)48-22-32-65-71(40-48)89-42-84-65/h3-43H,1-2H3. The SMILES string of the molecule is CC1(C)c2cc(-c3ccc4sc5c(ccc6c7ccc(-c8ccc9sc%10c(ccc%11c%12ccccc%12n(-c%12ccc%13ncoc%13c%12)c%11%10)c9c8)cc7n(-c7ccc8ncsc8c7)c65)c4c3)ccc2-c2c(-n3c4ccccc4c4ccc5c6ccccc6sc5c43)cccc21. The number of para-hydroxylation sites is 2. The molecule has 0 atom stereocenters. The van der Waals surface area contributed by atoms with Gasteiger partial charge >= 0.3 is 0 Å². The molecule has 434 valence electrons. The van der Waals surface area contributed by atoms with Crippen LogP contribution in [-0.2, 0) is 5.41 Å². The molecule has 0 amide bonds. The van der Waals surface area contributed by atoms with Crippen molar-refractivity contribution < 1.29 is 4.42 Å². The number of hydrogen-bond acceptors (Lipinski definition) is 7. The molecule has 0 saturated carbocycles. The summed E-state index contributed by atoms with van der Waals surface area (Å²) in [5.41, 5.74) is 25.3. The van der Waals surface area contributed by atoms with E-state index >= 15 is 0 Å². The number of hydrogen-bond donors (Lipinski definition) is 0. The lowest BCUT2D eigenvalue weighted by atomic mass is 9.81. The molecule has 0 N–H and O–H groups in total. The monoisotopic (exact) mass is 1260 g/mol. The highest BCUT2D eigenvalue weighted by atomic mass is 32.1. The summed E-state index contributed by atoms with van der Waals surface area (Å²) in [6.07, 6.45) is 1.53. The Labute approximate surface area is 545 Å². The lowest BCUT2D eigenvalue weighted by molar-refractivity contribution is 0.602. The van der Waals surface area contributed by atoms with Crippen LogP contribution in [-0.4, -0.2) is 23.7 Å². The highest BCUT2D eigenvalue weighted by molar-refractivity contribution is 7.27. The van der Waals surface area contributed by atoms with Crippen molar-refractivity contribution in [3.8, 4) is 50.4 Å². The van der Waals surface area contributed by atoms with Gasteiger partial charge in [0.05, 0.1) is 74.3 Å². The summed E-state index contributed by atoms with van der Waals surface area (Å²) in [7, 11) is 0. The van der Waals surface area contributed by atoms with Gasteiger partial charge in [-0.2, -0.15) is 0 Å². The first kappa shape index (κ1) is 51.0. The summed E-state index contributed by atoms with van der Waals surface area (Å²) in [5.74, 6) is 0. The maximum atomic E-state index is 5.84. The van der Waals surface area contributed by atoms with Gasteiger partial charge in [0, 0.05) is 101 Å². The van der Waals surface area contributed by atoms with Gasteiger partial charge in [0.25, 0.3) is 0 Å². The fourth-order valence-corrected chi connectivity index (χ4v) is 20.7. The number of thiazole rings is 1. The minimum absolute atomic E-state index is 0.236. The molecule has 0 saturated heterocycles. The number of fused-ring (bicyclic) bond motifs is 26. The van der Waals surface area contributed by atoms with E-state index in [-0.39, 0.29) is 5.41 Å². The van der Waals surface area contributed by atoms with E-state index in [1.807, 2.05) is 39.5 Å². The molecule has 1 aliphatic carbocycles. The van der Waals surface area contributed by atoms with Crippen molar-refractivity contribution >= 4 is 193 Å². The summed E-state index contributed by atoms with van der Waals surface area (Å²) in [5, 5.41) is 15.2. The van der Waals surface area contributed by atoms with Crippen LogP contribution in [0, 0.1) is 0 Å². The van der Waals surface area contributed by atoms with Crippen molar-refractivity contribution in [2.24, 2.45) is 0 Å². The predicted molar refractivity (Wildman–Crippen MR) is 397 cm³/mol. The van der Waals surface area contributed by atoms with Crippen molar-refractivity contribution in [3.05, 3.63) is 260 Å². The lowest BCUT2D eigenvalue weighted by Crippen LogP contribution is -2.15. The van der Waals surface area contributed by atoms with Crippen molar-refractivity contribution in [2.45, 2.75) is 19.3 Å². The normalized spacial score (nSPS) is 13.4. The molecule has 10 heteroatoms. The molecule has 6 nitrogen and oxygen atoms in total. The third-order valence-electron chi connectivity index (χ3n) is 20.5. The number of oxazole rings is 1. The van der Waals surface area contributed by atoms with Crippen molar-refractivity contribution in [2.75, 3.05) is 0 Å². The highest BCUT2D eigenvalue weighted by Gasteiger charge is 2.38. The van der Waals surface area contributed by atoms with Crippen LogP contribution in [0.25, 0.3) is 198 Å². The molecule has 0 radical (unpaired) electrons. The zero-order valence-corrected chi connectivity index (χ0v) is 53.2. The Balaban J connectivity index is 0.688. The van der Waals surface area contributed by atoms with E-state index in [2.05, 4.69) is 269 Å². The lowest BCUT2D eigenvalue weighted by Gasteiger charge is -2.22. The van der Waals surface area contributed by atoms with Gasteiger partial charge in [0.1, 0.15) is 5.52 Å². The van der Waals surface area contributed by atoms with Crippen LogP contribution < -0.4 is 0 Å². The Bertz CT molecular complexity index is 6930. The summed E-state index contributed by atoms with van der Waals surface area (Å²) in [6.45, 7) is 4.84. The fraction of sp³-hybridized carbons (Fsp3) is 0.0361. The number of thiophene rings is 3. The molecule has 13 aromatic carbocycles. The van der Waals surface area contributed by atoms with Crippen LogP contribution in [0.5, 0.6) is 0 Å².